The standard InChI is InChI=1S/C10H13BrO2S/c1-5-8(9(11)6(2)14-5)7-3-4-13-10(7)12/h7,10,12H,3-4H2,1-2H3/t7-,10+/m1/s1. The minimum atomic E-state index is -0.626. The molecule has 1 aliphatic rings. The number of aliphatic hydroxyl groups is 1. The van der Waals surface area contributed by atoms with Gasteiger partial charge in [0.1, 0.15) is 0 Å². The van der Waals surface area contributed by atoms with Gasteiger partial charge >= 0.3 is 0 Å². The number of halogens is 1. The van der Waals surface area contributed by atoms with Crippen molar-refractivity contribution in [3.05, 3.63) is 19.8 Å². The van der Waals surface area contributed by atoms with Gasteiger partial charge in [-0.2, -0.15) is 0 Å². The highest BCUT2D eigenvalue weighted by Crippen LogP contribution is 2.41. The molecule has 1 aliphatic heterocycles. The van der Waals surface area contributed by atoms with Crippen molar-refractivity contribution in [2.75, 3.05) is 6.61 Å². The molecule has 0 amide bonds. The van der Waals surface area contributed by atoms with Gasteiger partial charge in [0, 0.05) is 20.1 Å². The van der Waals surface area contributed by atoms with Crippen LogP contribution in [-0.2, 0) is 4.74 Å². The van der Waals surface area contributed by atoms with E-state index < -0.39 is 6.29 Å². The van der Waals surface area contributed by atoms with Crippen molar-refractivity contribution in [1.29, 1.82) is 0 Å². The molecular formula is C10H13BrO2S. The van der Waals surface area contributed by atoms with Crippen LogP contribution in [-0.4, -0.2) is 18.0 Å². The molecule has 1 N–H and O–H groups in total. The Hall–Kier alpha value is 0.100. The molecule has 2 rings (SSSR count). The van der Waals surface area contributed by atoms with Crippen molar-refractivity contribution >= 4 is 27.3 Å². The van der Waals surface area contributed by atoms with Crippen LogP contribution in [0.15, 0.2) is 4.47 Å². The number of ether oxygens (including phenoxy) is 1. The van der Waals surface area contributed by atoms with E-state index in [9.17, 15) is 5.11 Å². The van der Waals surface area contributed by atoms with Gasteiger partial charge in [-0.3, -0.25) is 0 Å². The van der Waals surface area contributed by atoms with Crippen LogP contribution in [0, 0.1) is 13.8 Å². The molecule has 0 spiro atoms. The Morgan fingerprint density at radius 3 is 2.57 bits per heavy atom. The van der Waals surface area contributed by atoms with E-state index in [0.29, 0.717) is 6.61 Å². The summed E-state index contributed by atoms with van der Waals surface area (Å²) >= 11 is 5.35. The molecule has 2 atom stereocenters. The molecule has 2 heterocycles. The Morgan fingerprint density at radius 1 is 1.43 bits per heavy atom. The molecule has 1 aromatic heterocycles. The zero-order valence-electron chi connectivity index (χ0n) is 8.21. The fourth-order valence-electron chi connectivity index (χ4n) is 1.96. The number of hydrogen-bond donors (Lipinski definition) is 1. The van der Waals surface area contributed by atoms with Gasteiger partial charge in [-0.05, 0) is 41.8 Å². The van der Waals surface area contributed by atoms with Crippen molar-refractivity contribution < 1.29 is 9.84 Å². The summed E-state index contributed by atoms with van der Waals surface area (Å²) in [6, 6.07) is 0. The van der Waals surface area contributed by atoms with E-state index in [2.05, 4.69) is 29.8 Å². The van der Waals surface area contributed by atoms with Crippen molar-refractivity contribution in [2.24, 2.45) is 0 Å². The van der Waals surface area contributed by atoms with Crippen LogP contribution in [0.4, 0.5) is 0 Å². The lowest BCUT2D eigenvalue weighted by Gasteiger charge is -2.13. The van der Waals surface area contributed by atoms with Crippen LogP contribution in [0.3, 0.4) is 0 Å². The molecule has 1 aromatic rings. The van der Waals surface area contributed by atoms with Gasteiger partial charge in [-0.1, -0.05) is 0 Å². The third-order valence-corrected chi connectivity index (χ3v) is 4.98. The van der Waals surface area contributed by atoms with E-state index in [-0.39, 0.29) is 5.92 Å². The maximum Gasteiger partial charge on any atom is 0.161 e. The van der Waals surface area contributed by atoms with Crippen LogP contribution in [0.2, 0.25) is 0 Å². The van der Waals surface area contributed by atoms with Crippen molar-refractivity contribution in [3.63, 3.8) is 0 Å². The number of rotatable bonds is 1. The van der Waals surface area contributed by atoms with Crippen LogP contribution >= 0.6 is 27.3 Å². The topological polar surface area (TPSA) is 29.5 Å². The predicted octanol–water partition coefficient (Wildman–Crippen LogP) is 2.95. The van der Waals surface area contributed by atoms with E-state index >= 15 is 0 Å². The molecule has 2 nitrogen and oxygen atoms in total. The molecule has 4 heteroatoms. The van der Waals surface area contributed by atoms with Crippen LogP contribution in [0.25, 0.3) is 0 Å². The fraction of sp³-hybridized carbons (Fsp3) is 0.600. The minimum absolute atomic E-state index is 0.148. The highest BCUT2D eigenvalue weighted by Gasteiger charge is 2.31. The van der Waals surface area contributed by atoms with E-state index in [1.165, 1.54) is 15.3 Å². The fourth-order valence-corrected chi connectivity index (χ4v) is 3.95. The lowest BCUT2D eigenvalue weighted by Crippen LogP contribution is -2.13. The Bertz CT molecular complexity index is 348. The van der Waals surface area contributed by atoms with Gasteiger partial charge < -0.3 is 9.84 Å². The molecule has 0 unspecified atom stereocenters. The average molecular weight is 277 g/mol. The Kier molecular flexibility index (Phi) is 2.98. The molecule has 0 radical (unpaired) electrons. The summed E-state index contributed by atoms with van der Waals surface area (Å²) in [5.74, 6) is 0.148. The van der Waals surface area contributed by atoms with Gasteiger partial charge in [0.25, 0.3) is 0 Å². The molecule has 0 aromatic carbocycles. The van der Waals surface area contributed by atoms with Crippen LogP contribution in [0.1, 0.15) is 27.7 Å². The predicted molar refractivity (Wildman–Crippen MR) is 60.8 cm³/mol. The van der Waals surface area contributed by atoms with Gasteiger partial charge in [0.05, 0.1) is 6.61 Å². The summed E-state index contributed by atoms with van der Waals surface area (Å²) in [5.41, 5.74) is 1.23. The van der Waals surface area contributed by atoms with Gasteiger partial charge in [0.2, 0.25) is 0 Å². The first kappa shape index (κ1) is 10.6. The molecule has 1 saturated heterocycles. The summed E-state index contributed by atoms with van der Waals surface area (Å²) < 4.78 is 6.33. The lowest BCUT2D eigenvalue weighted by atomic mass is 9.98. The van der Waals surface area contributed by atoms with Crippen molar-refractivity contribution in [3.8, 4) is 0 Å². The van der Waals surface area contributed by atoms with E-state index in [0.717, 1.165) is 10.9 Å². The second kappa shape index (κ2) is 3.93. The monoisotopic (exact) mass is 276 g/mol. The largest absolute Gasteiger partial charge is 0.367 e. The highest BCUT2D eigenvalue weighted by molar-refractivity contribution is 9.10. The molecule has 0 bridgehead atoms. The number of aryl methyl sites for hydroxylation is 2. The first-order chi connectivity index (χ1) is 6.61. The third kappa shape index (κ3) is 1.65. The molecule has 78 valence electrons. The minimum Gasteiger partial charge on any atom is -0.367 e. The number of aliphatic hydroxyl groups excluding tert-OH is 1. The SMILES string of the molecule is Cc1sc(C)c([C@H]2CCO[C@@H]2O)c1Br. The summed E-state index contributed by atoms with van der Waals surface area (Å²) in [7, 11) is 0. The Labute approximate surface area is 96.0 Å². The summed E-state index contributed by atoms with van der Waals surface area (Å²) in [6.45, 7) is 4.85. The zero-order chi connectivity index (χ0) is 10.3. The second-order valence-electron chi connectivity index (χ2n) is 3.60. The smallest absolute Gasteiger partial charge is 0.161 e. The summed E-state index contributed by atoms with van der Waals surface area (Å²) in [5, 5.41) is 9.66. The molecule has 14 heavy (non-hydrogen) atoms. The molecule has 0 saturated carbocycles. The van der Waals surface area contributed by atoms with Crippen molar-refractivity contribution in [1.82, 2.24) is 0 Å². The third-order valence-electron chi connectivity index (χ3n) is 2.66. The maximum atomic E-state index is 9.66. The van der Waals surface area contributed by atoms with E-state index in [1.54, 1.807) is 11.3 Å². The van der Waals surface area contributed by atoms with Gasteiger partial charge in [-0.15, -0.1) is 11.3 Å². The van der Waals surface area contributed by atoms with Crippen molar-refractivity contribution in [2.45, 2.75) is 32.5 Å². The van der Waals surface area contributed by atoms with E-state index in [4.69, 9.17) is 4.74 Å². The molecule has 1 fully saturated rings. The second-order valence-corrected chi connectivity index (χ2v) is 5.82. The first-order valence-electron chi connectivity index (χ1n) is 4.66. The average Bonchev–Trinajstić information content (AvgIpc) is 2.60. The Morgan fingerprint density at radius 2 is 2.14 bits per heavy atom. The summed E-state index contributed by atoms with van der Waals surface area (Å²) in [4.78, 5) is 2.56. The zero-order valence-corrected chi connectivity index (χ0v) is 10.6. The maximum absolute atomic E-state index is 9.66. The number of thiophene rings is 1. The van der Waals surface area contributed by atoms with Crippen LogP contribution in [0.5, 0.6) is 0 Å². The van der Waals surface area contributed by atoms with Gasteiger partial charge in [0.15, 0.2) is 6.29 Å². The number of hydrogen-bond acceptors (Lipinski definition) is 3. The van der Waals surface area contributed by atoms with E-state index in [1.807, 2.05) is 0 Å². The lowest BCUT2D eigenvalue weighted by molar-refractivity contribution is -0.0679. The molecule has 0 aliphatic carbocycles. The summed E-state index contributed by atoms with van der Waals surface area (Å²) in [6.07, 6.45) is 0.288. The first-order valence-corrected chi connectivity index (χ1v) is 6.27. The normalized spacial score (nSPS) is 27.1. The highest BCUT2D eigenvalue weighted by atomic mass is 79.9. The van der Waals surface area contributed by atoms with Gasteiger partial charge in [-0.25, -0.2) is 0 Å². The van der Waals surface area contributed by atoms with Crippen LogP contribution < -0.4 is 0 Å². The quantitative estimate of drug-likeness (QED) is 0.855. The molecular weight excluding hydrogens is 264 g/mol. The Balaban J connectivity index is 2.39.